The van der Waals surface area contributed by atoms with Gasteiger partial charge in [0.15, 0.2) is 0 Å². The van der Waals surface area contributed by atoms with E-state index in [4.69, 9.17) is 0 Å². The molecular formula is C14H21NO2S. The molecule has 1 aromatic rings. The highest BCUT2D eigenvalue weighted by atomic mass is 32.1. The van der Waals surface area contributed by atoms with E-state index in [1.165, 1.54) is 4.88 Å². The van der Waals surface area contributed by atoms with Gasteiger partial charge in [-0.2, -0.15) is 0 Å². The molecule has 0 aromatic carbocycles. The standard InChI is InChI=1S/C14H21NO2S/c16-13-7-1-4-11(13)10-15-14(17)8-2-5-12-6-3-9-18-12/h3,6,9,11,13,16H,1-2,4-5,7-8,10H2,(H,15,17). The number of amides is 1. The number of aliphatic hydroxyl groups is 1. The summed E-state index contributed by atoms with van der Waals surface area (Å²) >= 11 is 1.74. The van der Waals surface area contributed by atoms with Crippen LogP contribution in [0.3, 0.4) is 0 Å². The third-order valence-corrected chi connectivity index (χ3v) is 4.52. The largest absolute Gasteiger partial charge is 0.393 e. The fourth-order valence-electron chi connectivity index (χ4n) is 2.47. The van der Waals surface area contributed by atoms with E-state index in [1.807, 2.05) is 6.07 Å². The van der Waals surface area contributed by atoms with E-state index >= 15 is 0 Å². The number of nitrogens with one attached hydrogen (secondary N) is 1. The Labute approximate surface area is 112 Å². The number of carbonyl (C=O) groups excluding carboxylic acids is 1. The van der Waals surface area contributed by atoms with Gasteiger partial charge in [0.25, 0.3) is 0 Å². The van der Waals surface area contributed by atoms with E-state index in [2.05, 4.69) is 16.8 Å². The molecule has 100 valence electrons. The Balaban J connectivity index is 1.57. The van der Waals surface area contributed by atoms with Gasteiger partial charge in [0.1, 0.15) is 0 Å². The molecule has 0 aliphatic heterocycles. The zero-order chi connectivity index (χ0) is 12.8. The average molecular weight is 267 g/mol. The van der Waals surface area contributed by atoms with Crippen molar-refractivity contribution in [3.63, 3.8) is 0 Å². The van der Waals surface area contributed by atoms with Gasteiger partial charge in [0.05, 0.1) is 6.10 Å². The topological polar surface area (TPSA) is 49.3 Å². The van der Waals surface area contributed by atoms with E-state index in [-0.39, 0.29) is 17.9 Å². The van der Waals surface area contributed by atoms with Crippen LogP contribution in [-0.4, -0.2) is 23.7 Å². The predicted octanol–water partition coefficient (Wildman–Crippen LogP) is 2.35. The minimum absolute atomic E-state index is 0.116. The maximum absolute atomic E-state index is 11.6. The third kappa shape index (κ3) is 4.10. The van der Waals surface area contributed by atoms with Gasteiger partial charge in [-0.05, 0) is 37.1 Å². The molecule has 1 fully saturated rings. The molecule has 1 amide bonds. The van der Waals surface area contributed by atoms with Crippen LogP contribution in [-0.2, 0) is 11.2 Å². The molecule has 3 nitrogen and oxygen atoms in total. The maximum Gasteiger partial charge on any atom is 0.220 e. The van der Waals surface area contributed by atoms with E-state index < -0.39 is 0 Å². The number of hydrogen-bond donors (Lipinski definition) is 2. The minimum atomic E-state index is -0.212. The van der Waals surface area contributed by atoms with Gasteiger partial charge >= 0.3 is 0 Å². The van der Waals surface area contributed by atoms with Crippen LogP contribution in [0, 0.1) is 5.92 Å². The second-order valence-electron chi connectivity index (χ2n) is 5.00. The number of rotatable bonds is 6. The van der Waals surface area contributed by atoms with Crippen molar-refractivity contribution in [2.75, 3.05) is 6.54 Å². The SMILES string of the molecule is O=C(CCCc1cccs1)NCC1CCCC1O. The molecule has 1 aromatic heterocycles. The summed E-state index contributed by atoms with van der Waals surface area (Å²) in [6.07, 6.45) is 5.27. The Bertz CT molecular complexity index is 364. The molecule has 18 heavy (non-hydrogen) atoms. The number of aryl methyl sites for hydroxylation is 1. The van der Waals surface area contributed by atoms with Crippen LogP contribution in [0.2, 0.25) is 0 Å². The van der Waals surface area contributed by atoms with Gasteiger partial charge in [-0.25, -0.2) is 0 Å². The summed E-state index contributed by atoms with van der Waals surface area (Å²) < 4.78 is 0. The smallest absolute Gasteiger partial charge is 0.220 e. The lowest BCUT2D eigenvalue weighted by molar-refractivity contribution is -0.121. The van der Waals surface area contributed by atoms with Crippen molar-refractivity contribution in [2.24, 2.45) is 5.92 Å². The molecule has 2 N–H and O–H groups in total. The average Bonchev–Trinajstić information content (AvgIpc) is 2.98. The highest BCUT2D eigenvalue weighted by molar-refractivity contribution is 7.09. The van der Waals surface area contributed by atoms with Crippen molar-refractivity contribution in [1.29, 1.82) is 0 Å². The number of thiophene rings is 1. The monoisotopic (exact) mass is 267 g/mol. The van der Waals surface area contributed by atoms with Gasteiger partial charge in [-0.1, -0.05) is 12.5 Å². The zero-order valence-corrected chi connectivity index (χ0v) is 11.4. The molecule has 0 radical (unpaired) electrons. The molecule has 2 unspecified atom stereocenters. The van der Waals surface area contributed by atoms with Crippen molar-refractivity contribution in [3.8, 4) is 0 Å². The first-order chi connectivity index (χ1) is 8.75. The van der Waals surface area contributed by atoms with E-state index in [1.54, 1.807) is 11.3 Å². The number of hydrogen-bond acceptors (Lipinski definition) is 3. The molecular weight excluding hydrogens is 246 g/mol. The summed E-state index contributed by atoms with van der Waals surface area (Å²) in [6, 6.07) is 4.15. The van der Waals surface area contributed by atoms with Crippen molar-refractivity contribution in [1.82, 2.24) is 5.32 Å². The second kappa shape index (κ2) is 6.90. The van der Waals surface area contributed by atoms with Crippen LogP contribution in [0.5, 0.6) is 0 Å². The van der Waals surface area contributed by atoms with Gasteiger partial charge < -0.3 is 10.4 Å². The van der Waals surface area contributed by atoms with Gasteiger partial charge in [0, 0.05) is 23.8 Å². The highest BCUT2D eigenvalue weighted by Crippen LogP contribution is 2.24. The Hall–Kier alpha value is -0.870. The van der Waals surface area contributed by atoms with Crippen LogP contribution >= 0.6 is 11.3 Å². The number of aliphatic hydroxyl groups excluding tert-OH is 1. The van der Waals surface area contributed by atoms with Crippen LogP contribution in [0.15, 0.2) is 17.5 Å². The summed E-state index contributed by atoms with van der Waals surface area (Å²) in [5.41, 5.74) is 0. The Morgan fingerprint density at radius 2 is 2.39 bits per heavy atom. The first-order valence-electron chi connectivity index (χ1n) is 6.73. The van der Waals surface area contributed by atoms with Crippen LogP contribution in [0.25, 0.3) is 0 Å². The van der Waals surface area contributed by atoms with Crippen LogP contribution in [0.4, 0.5) is 0 Å². The lowest BCUT2D eigenvalue weighted by atomic mass is 10.1. The molecule has 0 spiro atoms. The van der Waals surface area contributed by atoms with Crippen LogP contribution in [0.1, 0.15) is 37.0 Å². The lowest BCUT2D eigenvalue weighted by Gasteiger charge is -2.14. The summed E-state index contributed by atoms with van der Waals surface area (Å²) in [6.45, 7) is 0.638. The van der Waals surface area contributed by atoms with Crippen LogP contribution < -0.4 is 5.32 Å². The summed E-state index contributed by atoms with van der Waals surface area (Å²) in [4.78, 5) is 13.0. The van der Waals surface area contributed by atoms with E-state index in [9.17, 15) is 9.90 Å². The summed E-state index contributed by atoms with van der Waals surface area (Å²) in [5.74, 6) is 0.386. The first-order valence-corrected chi connectivity index (χ1v) is 7.61. The Morgan fingerprint density at radius 1 is 1.50 bits per heavy atom. The molecule has 4 heteroatoms. The van der Waals surface area contributed by atoms with Crippen molar-refractivity contribution in [3.05, 3.63) is 22.4 Å². The fourth-order valence-corrected chi connectivity index (χ4v) is 3.22. The van der Waals surface area contributed by atoms with Crippen molar-refractivity contribution >= 4 is 17.2 Å². The number of carbonyl (C=O) groups is 1. The molecule has 1 aliphatic rings. The molecule has 0 bridgehead atoms. The van der Waals surface area contributed by atoms with E-state index in [0.29, 0.717) is 13.0 Å². The summed E-state index contributed by atoms with van der Waals surface area (Å²) in [7, 11) is 0. The fraction of sp³-hybridized carbons (Fsp3) is 0.643. The third-order valence-electron chi connectivity index (χ3n) is 3.59. The van der Waals surface area contributed by atoms with Gasteiger partial charge in [-0.3, -0.25) is 4.79 Å². The minimum Gasteiger partial charge on any atom is -0.393 e. The predicted molar refractivity (Wildman–Crippen MR) is 73.6 cm³/mol. The molecule has 1 heterocycles. The van der Waals surface area contributed by atoms with E-state index in [0.717, 1.165) is 32.1 Å². The zero-order valence-electron chi connectivity index (χ0n) is 10.6. The first kappa shape index (κ1) is 13.6. The quantitative estimate of drug-likeness (QED) is 0.831. The summed E-state index contributed by atoms with van der Waals surface area (Å²) in [5, 5.41) is 14.7. The Kier molecular flexibility index (Phi) is 5.20. The molecule has 2 atom stereocenters. The van der Waals surface area contributed by atoms with Crippen molar-refractivity contribution in [2.45, 2.75) is 44.6 Å². The second-order valence-corrected chi connectivity index (χ2v) is 6.03. The molecule has 1 aliphatic carbocycles. The maximum atomic E-state index is 11.6. The van der Waals surface area contributed by atoms with Gasteiger partial charge in [-0.15, -0.1) is 11.3 Å². The molecule has 1 saturated carbocycles. The molecule has 0 saturated heterocycles. The Morgan fingerprint density at radius 3 is 3.06 bits per heavy atom. The molecule has 2 rings (SSSR count). The van der Waals surface area contributed by atoms with Gasteiger partial charge in [0.2, 0.25) is 5.91 Å². The highest BCUT2D eigenvalue weighted by Gasteiger charge is 2.25. The normalized spacial score (nSPS) is 23.2. The lowest BCUT2D eigenvalue weighted by Crippen LogP contribution is -2.32. The van der Waals surface area contributed by atoms with Crippen molar-refractivity contribution < 1.29 is 9.90 Å².